The highest BCUT2D eigenvalue weighted by Gasteiger charge is 2.00. The molecule has 2 aromatic rings. The zero-order chi connectivity index (χ0) is 11.5. The van der Waals surface area contributed by atoms with Crippen LogP contribution < -0.4 is 5.32 Å². The van der Waals surface area contributed by atoms with E-state index >= 15 is 0 Å². The summed E-state index contributed by atoms with van der Waals surface area (Å²) < 4.78 is 1.24. The SMILES string of the molecule is Cc1cccc(Nc2cc(C)ccc2I)c1. The lowest BCUT2D eigenvalue weighted by Crippen LogP contribution is -1.93. The maximum absolute atomic E-state index is 3.45. The Balaban J connectivity index is 2.30. The monoisotopic (exact) mass is 323 g/mol. The predicted octanol–water partition coefficient (Wildman–Crippen LogP) is 4.65. The molecule has 0 saturated heterocycles. The Labute approximate surface area is 110 Å². The zero-order valence-electron chi connectivity index (χ0n) is 9.42. The Morgan fingerprint density at radius 2 is 1.69 bits per heavy atom. The molecule has 2 heteroatoms. The van der Waals surface area contributed by atoms with Crippen molar-refractivity contribution in [2.24, 2.45) is 0 Å². The summed E-state index contributed by atoms with van der Waals surface area (Å²) in [4.78, 5) is 0. The minimum Gasteiger partial charge on any atom is -0.355 e. The molecule has 82 valence electrons. The minimum atomic E-state index is 1.14. The van der Waals surface area contributed by atoms with E-state index in [9.17, 15) is 0 Å². The van der Waals surface area contributed by atoms with Gasteiger partial charge in [-0.1, -0.05) is 18.2 Å². The Kier molecular flexibility index (Phi) is 3.49. The minimum absolute atomic E-state index is 1.14. The standard InChI is InChI=1S/C14H14IN/c1-10-4-3-5-12(8-10)16-14-9-11(2)6-7-13(14)15/h3-9,16H,1-2H3. The Bertz CT molecular complexity index is 506. The molecule has 0 amide bonds. The lowest BCUT2D eigenvalue weighted by atomic mass is 10.2. The Morgan fingerprint density at radius 3 is 2.44 bits per heavy atom. The highest BCUT2D eigenvalue weighted by Crippen LogP contribution is 2.24. The van der Waals surface area contributed by atoms with Crippen LogP contribution in [0, 0.1) is 17.4 Å². The fraction of sp³-hybridized carbons (Fsp3) is 0.143. The van der Waals surface area contributed by atoms with Crippen molar-refractivity contribution in [1.29, 1.82) is 0 Å². The summed E-state index contributed by atoms with van der Waals surface area (Å²) in [6.07, 6.45) is 0. The summed E-state index contributed by atoms with van der Waals surface area (Å²) in [6, 6.07) is 14.8. The molecule has 0 unspecified atom stereocenters. The number of nitrogens with one attached hydrogen (secondary N) is 1. The van der Waals surface area contributed by atoms with Gasteiger partial charge >= 0.3 is 0 Å². The van der Waals surface area contributed by atoms with E-state index < -0.39 is 0 Å². The van der Waals surface area contributed by atoms with Crippen molar-refractivity contribution in [3.05, 3.63) is 57.2 Å². The van der Waals surface area contributed by atoms with E-state index in [0.29, 0.717) is 0 Å². The van der Waals surface area contributed by atoms with Gasteiger partial charge in [-0.3, -0.25) is 0 Å². The van der Waals surface area contributed by atoms with Crippen LogP contribution in [-0.4, -0.2) is 0 Å². The molecule has 0 heterocycles. The van der Waals surface area contributed by atoms with Crippen LogP contribution >= 0.6 is 22.6 Å². The van der Waals surface area contributed by atoms with Crippen molar-refractivity contribution in [2.75, 3.05) is 5.32 Å². The molecular formula is C14H14IN. The number of halogens is 1. The van der Waals surface area contributed by atoms with Crippen molar-refractivity contribution in [1.82, 2.24) is 0 Å². The summed E-state index contributed by atoms with van der Waals surface area (Å²) in [7, 11) is 0. The molecule has 0 saturated carbocycles. The third kappa shape index (κ3) is 2.76. The quantitative estimate of drug-likeness (QED) is 0.793. The summed E-state index contributed by atoms with van der Waals surface area (Å²) in [6.45, 7) is 4.21. The van der Waals surface area contributed by atoms with Crippen LogP contribution in [0.3, 0.4) is 0 Å². The molecule has 0 aliphatic rings. The molecule has 16 heavy (non-hydrogen) atoms. The number of hydrogen-bond acceptors (Lipinski definition) is 1. The van der Waals surface area contributed by atoms with Gasteiger partial charge in [-0.25, -0.2) is 0 Å². The van der Waals surface area contributed by atoms with Crippen LogP contribution in [0.2, 0.25) is 0 Å². The van der Waals surface area contributed by atoms with Gasteiger partial charge < -0.3 is 5.32 Å². The predicted molar refractivity (Wildman–Crippen MR) is 78.4 cm³/mol. The third-order valence-corrected chi connectivity index (χ3v) is 3.36. The molecular weight excluding hydrogens is 309 g/mol. The maximum Gasteiger partial charge on any atom is 0.0522 e. The summed E-state index contributed by atoms with van der Waals surface area (Å²) in [5.74, 6) is 0. The van der Waals surface area contributed by atoms with Crippen LogP contribution in [0.15, 0.2) is 42.5 Å². The maximum atomic E-state index is 3.45. The van der Waals surface area contributed by atoms with Gasteiger partial charge in [-0.05, 0) is 71.8 Å². The van der Waals surface area contributed by atoms with Gasteiger partial charge in [-0.15, -0.1) is 0 Å². The average Bonchev–Trinajstić information content (AvgIpc) is 2.24. The lowest BCUT2D eigenvalue weighted by Gasteiger charge is -2.10. The molecule has 1 N–H and O–H groups in total. The van der Waals surface area contributed by atoms with Crippen molar-refractivity contribution >= 4 is 34.0 Å². The van der Waals surface area contributed by atoms with Gasteiger partial charge in [0.1, 0.15) is 0 Å². The third-order valence-electron chi connectivity index (χ3n) is 2.42. The van der Waals surface area contributed by atoms with Gasteiger partial charge in [0.05, 0.1) is 5.69 Å². The highest BCUT2D eigenvalue weighted by molar-refractivity contribution is 14.1. The van der Waals surface area contributed by atoms with E-state index in [2.05, 4.69) is 84.2 Å². The number of anilines is 2. The molecule has 0 radical (unpaired) electrons. The van der Waals surface area contributed by atoms with Crippen LogP contribution in [0.1, 0.15) is 11.1 Å². The molecule has 2 aromatic carbocycles. The largest absolute Gasteiger partial charge is 0.355 e. The molecule has 0 spiro atoms. The first kappa shape index (κ1) is 11.5. The van der Waals surface area contributed by atoms with Gasteiger partial charge in [0.15, 0.2) is 0 Å². The van der Waals surface area contributed by atoms with Crippen LogP contribution in [0.25, 0.3) is 0 Å². The molecule has 0 aromatic heterocycles. The van der Waals surface area contributed by atoms with Gasteiger partial charge in [-0.2, -0.15) is 0 Å². The summed E-state index contributed by atoms with van der Waals surface area (Å²) >= 11 is 2.35. The number of rotatable bonds is 2. The van der Waals surface area contributed by atoms with Gasteiger partial charge in [0.25, 0.3) is 0 Å². The first-order chi connectivity index (χ1) is 7.65. The molecule has 0 aliphatic heterocycles. The normalized spacial score (nSPS) is 10.2. The molecule has 2 rings (SSSR count). The fourth-order valence-electron chi connectivity index (χ4n) is 1.61. The molecule has 0 aliphatic carbocycles. The zero-order valence-corrected chi connectivity index (χ0v) is 11.6. The van der Waals surface area contributed by atoms with Crippen molar-refractivity contribution in [3.8, 4) is 0 Å². The highest BCUT2D eigenvalue weighted by atomic mass is 127. The molecule has 0 atom stereocenters. The smallest absolute Gasteiger partial charge is 0.0522 e. The van der Waals surface area contributed by atoms with Crippen molar-refractivity contribution in [3.63, 3.8) is 0 Å². The van der Waals surface area contributed by atoms with Gasteiger partial charge in [0, 0.05) is 9.26 Å². The van der Waals surface area contributed by atoms with Crippen molar-refractivity contribution in [2.45, 2.75) is 13.8 Å². The van der Waals surface area contributed by atoms with Crippen LogP contribution in [0.5, 0.6) is 0 Å². The van der Waals surface area contributed by atoms with E-state index in [1.807, 2.05) is 0 Å². The first-order valence-corrected chi connectivity index (χ1v) is 6.33. The van der Waals surface area contributed by atoms with Crippen molar-refractivity contribution < 1.29 is 0 Å². The first-order valence-electron chi connectivity index (χ1n) is 5.25. The second-order valence-electron chi connectivity index (χ2n) is 3.98. The van der Waals surface area contributed by atoms with Crippen LogP contribution in [0.4, 0.5) is 11.4 Å². The fourth-order valence-corrected chi connectivity index (χ4v) is 2.08. The van der Waals surface area contributed by atoms with E-state index in [4.69, 9.17) is 0 Å². The van der Waals surface area contributed by atoms with Gasteiger partial charge in [0.2, 0.25) is 0 Å². The molecule has 1 nitrogen and oxygen atoms in total. The summed E-state index contributed by atoms with van der Waals surface area (Å²) in [5.41, 5.74) is 4.86. The lowest BCUT2D eigenvalue weighted by molar-refractivity contribution is 1.41. The molecule has 0 bridgehead atoms. The topological polar surface area (TPSA) is 12.0 Å². The summed E-state index contributed by atoms with van der Waals surface area (Å²) in [5, 5.41) is 3.45. The number of aryl methyl sites for hydroxylation is 2. The van der Waals surface area contributed by atoms with E-state index in [0.717, 1.165) is 5.69 Å². The van der Waals surface area contributed by atoms with E-state index in [-0.39, 0.29) is 0 Å². The average molecular weight is 323 g/mol. The number of benzene rings is 2. The second-order valence-corrected chi connectivity index (χ2v) is 5.14. The number of hydrogen-bond donors (Lipinski definition) is 1. The van der Waals surface area contributed by atoms with E-state index in [1.165, 1.54) is 20.4 Å². The second kappa shape index (κ2) is 4.87. The molecule has 0 fully saturated rings. The Morgan fingerprint density at radius 1 is 0.938 bits per heavy atom. The van der Waals surface area contributed by atoms with E-state index in [1.54, 1.807) is 0 Å². The van der Waals surface area contributed by atoms with Crippen LogP contribution in [-0.2, 0) is 0 Å². The Hall–Kier alpha value is -1.03.